The number of rotatable bonds is 3. The van der Waals surface area contributed by atoms with Gasteiger partial charge in [-0.15, -0.1) is 0 Å². The number of aryl methyl sites for hydroxylation is 1. The summed E-state index contributed by atoms with van der Waals surface area (Å²) in [5.74, 6) is 0.511. The molecule has 0 radical (unpaired) electrons. The number of esters is 1. The second kappa shape index (κ2) is 6.00. The Morgan fingerprint density at radius 2 is 2.24 bits per heavy atom. The zero-order valence-electron chi connectivity index (χ0n) is 15.3. The van der Waals surface area contributed by atoms with Crippen LogP contribution < -0.4 is 4.90 Å². The van der Waals surface area contributed by atoms with Crippen molar-refractivity contribution in [1.29, 1.82) is 0 Å². The fourth-order valence-electron chi connectivity index (χ4n) is 4.77. The molecule has 1 saturated carbocycles. The number of carbonyl (C=O) groups is 1. The third kappa shape index (κ3) is 2.68. The van der Waals surface area contributed by atoms with E-state index in [4.69, 9.17) is 4.74 Å². The largest absolute Gasteiger partial charge is 0.462 e. The molecule has 1 saturated heterocycles. The Morgan fingerprint density at radius 1 is 1.40 bits per heavy atom. The Labute approximate surface area is 148 Å². The highest BCUT2D eigenvalue weighted by Gasteiger charge is 2.43. The van der Waals surface area contributed by atoms with E-state index in [9.17, 15) is 4.79 Å². The molecule has 3 heterocycles. The summed E-state index contributed by atoms with van der Waals surface area (Å²) in [5, 5.41) is 5.29. The molecule has 2 unspecified atom stereocenters. The number of hydrogen-bond donors (Lipinski definition) is 0. The van der Waals surface area contributed by atoms with E-state index < -0.39 is 0 Å². The van der Waals surface area contributed by atoms with Gasteiger partial charge in [0.1, 0.15) is 5.56 Å². The summed E-state index contributed by atoms with van der Waals surface area (Å²) in [6, 6.07) is 0. The van der Waals surface area contributed by atoms with Crippen LogP contribution in [0.25, 0.3) is 11.0 Å². The van der Waals surface area contributed by atoms with Gasteiger partial charge in [0.05, 0.1) is 23.9 Å². The van der Waals surface area contributed by atoms with E-state index in [2.05, 4.69) is 21.9 Å². The molecule has 25 heavy (non-hydrogen) atoms. The van der Waals surface area contributed by atoms with Crippen LogP contribution in [-0.2, 0) is 11.8 Å². The van der Waals surface area contributed by atoms with Crippen molar-refractivity contribution in [3.05, 3.63) is 18.0 Å². The molecule has 0 bridgehead atoms. The molecule has 4 rings (SSSR count). The summed E-state index contributed by atoms with van der Waals surface area (Å²) < 4.78 is 7.05. The lowest BCUT2D eigenvalue weighted by Crippen LogP contribution is -2.27. The highest BCUT2D eigenvalue weighted by molar-refractivity contribution is 6.04. The predicted octanol–water partition coefficient (Wildman–Crippen LogP) is 3.16. The van der Waals surface area contributed by atoms with E-state index in [-0.39, 0.29) is 5.97 Å². The van der Waals surface area contributed by atoms with Crippen LogP contribution in [0, 0.1) is 11.3 Å². The minimum Gasteiger partial charge on any atom is -0.462 e. The van der Waals surface area contributed by atoms with E-state index in [1.165, 1.54) is 25.7 Å². The number of anilines is 1. The molecule has 6 heteroatoms. The van der Waals surface area contributed by atoms with E-state index in [0.717, 1.165) is 35.7 Å². The van der Waals surface area contributed by atoms with Gasteiger partial charge in [-0.25, -0.2) is 9.78 Å². The summed E-state index contributed by atoms with van der Waals surface area (Å²) in [5.41, 5.74) is 2.73. The average molecular weight is 342 g/mol. The Morgan fingerprint density at radius 3 is 2.96 bits per heavy atom. The standard InChI is InChI=1S/C19H26N4O2/c1-4-25-18(24)15-10-20-17-14(11-21-22(17)3)16(15)23-8-7-19(12-23)6-5-13(2)9-19/h10-11,13H,4-9,12H2,1-3H3. The van der Waals surface area contributed by atoms with Crippen LogP contribution in [0.4, 0.5) is 5.69 Å². The topological polar surface area (TPSA) is 60.2 Å². The lowest BCUT2D eigenvalue weighted by atomic mass is 9.85. The minimum atomic E-state index is -0.295. The Balaban J connectivity index is 1.77. The van der Waals surface area contributed by atoms with Crippen LogP contribution in [0.1, 0.15) is 49.9 Å². The first kappa shape index (κ1) is 16.4. The van der Waals surface area contributed by atoms with Gasteiger partial charge in [0.25, 0.3) is 0 Å². The van der Waals surface area contributed by atoms with Crippen LogP contribution in [-0.4, -0.2) is 40.4 Å². The van der Waals surface area contributed by atoms with Crippen LogP contribution in [0.5, 0.6) is 0 Å². The Bertz CT molecular complexity index is 815. The third-order valence-electron chi connectivity index (χ3n) is 5.93. The van der Waals surface area contributed by atoms with Gasteiger partial charge in [-0.1, -0.05) is 13.3 Å². The molecule has 2 aromatic heterocycles. The first-order valence-electron chi connectivity index (χ1n) is 9.26. The van der Waals surface area contributed by atoms with Gasteiger partial charge in [0, 0.05) is 26.3 Å². The van der Waals surface area contributed by atoms with Gasteiger partial charge in [-0.05, 0) is 37.5 Å². The first-order valence-corrected chi connectivity index (χ1v) is 9.26. The monoisotopic (exact) mass is 342 g/mol. The van der Waals surface area contributed by atoms with Crippen molar-refractivity contribution in [3.63, 3.8) is 0 Å². The highest BCUT2D eigenvalue weighted by Crippen LogP contribution is 2.49. The number of carbonyl (C=O) groups excluding carboxylic acids is 1. The molecule has 0 N–H and O–H groups in total. The molecule has 2 atom stereocenters. The van der Waals surface area contributed by atoms with Gasteiger partial charge >= 0.3 is 5.97 Å². The third-order valence-corrected chi connectivity index (χ3v) is 5.93. The lowest BCUT2D eigenvalue weighted by Gasteiger charge is -2.26. The first-order chi connectivity index (χ1) is 12.0. The summed E-state index contributed by atoms with van der Waals surface area (Å²) in [7, 11) is 1.88. The Kier molecular flexibility index (Phi) is 3.93. The fraction of sp³-hybridized carbons (Fsp3) is 0.632. The number of nitrogens with zero attached hydrogens (tertiary/aromatic N) is 4. The molecular weight excluding hydrogens is 316 g/mol. The number of hydrogen-bond acceptors (Lipinski definition) is 5. The summed E-state index contributed by atoms with van der Waals surface area (Å²) in [4.78, 5) is 19.3. The average Bonchev–Trinajstić information content (AvgIpc) is 3.28. The van der Waals surface area contributed by atoms with E-state index in [0.29, 0.717) is 17.6 Å². The van der Waals surface area contributed by atoms with Gasteiger partial charge < -0.3 is 9.64 Å². The van der Waals surface area contributed by atoms with Crippen molar-refractivity contribution in [2.24, 2.45) is 18.4 Å². The van der Waals surface area contributed by atoms with Crippen molar-refractivity contribution in [2.45, 2.75) is 39.5 Å². The molecule has 0 aromatic carbocycles. The number of aromatic nitrogens is 3. The second-order valence-corrected chi connectivity index (χ2v) is 7.77. The van der Waals surface area contributed by atoms with Crippen LogP contribution in [0.15, 0.2) is 12.4 Å². The molecule has 2 aromatic rings. The quantitative estimate of drug-likeness (QED) is 0.802. The van der Waals surface area contributed by atoms with E-state index in [1.807, 2.05) is 20.2 Å². The van der Waals surface area contributed by atoms with Crippen molar-refractivity contribution in [2.75, 3.05) is 24.6 Å². The molecule has 0 amide bonds. The van der Waals surface area contributed by atoms with Crippen molar-refractivity contribution in [3.8, 4) is 0 Å². The van der Waals surface area contributed by atoms with Crippen LogP contribution >= 0.6 is 0 Å². The maximum absolute atomic E-state index is 12.5. The van der Waals surface area contributed by atoms with Gasteiger partial charge in [0.2, 0.25) is 0 Å². The normalized spacial score (nSPS) is 26.0. The van der Waals surface area contributed by atoms with Gasteiger partial charge in [-0.3, -0.25) is 4.68 Å². The lowest BCUT2D eigenvalue weighted by molar-refractivity contribution is 0.0527. The predicted molar refractivity (Wildman–Crippen MR) is 96.7 cm³/mol. The minimum absolute atomic E-state index is 0.295. The number of ether oxygens (including phenoxy) is 1. The molecule has 1 aliphatic heterocycles. The zero-order chi connectivity index (χ0) is 17.6. The van der Waals surface area contributed by atoms with Gasteiger partial charge in [0.15, 0.2) is 5.65 Å². The number of pyridine rings is 1. The summed E-state index contributed by atoms with van der Waals surface area (Å²) >= 11 is 0. The molecule has 6 nitrogen and oxygen atoms in total. The van der Waals surface area contributed by atoms with Gasteiger partial charge in [-0.2, -0.15) is 5.10 Å². The van der Waals surface area contributed by atoms with Crippen molar-refractivity contribution >= 4 is 22.7 Å². The molecule has 2 fully saturated rings. The zero-order valence-corrected chi connectivity index (χ0v) is 15.3. The molecule has 134 valence electrons. The van der Waals surface area contributed by atoms with Crippen molar-refractivity contribution < 1.29 is 9.53 Å². The van der Waals surface area contributed by atoms with E-state index in [1.54, 1.807) is 10.9 Å². The fourth-order valence-corrected chi connectivity index (χ4v) is 4.77. The SMILES string of the molecule is CCOC(=O)c1cnc2c(cnn2C)c1N1CCC2(CCC(C)C2)C1. The maximum atomic E-state index is 12.5. The number of fused-ring (bicyclic) bond motifs is 1. The maximum Gasteiger partial charge on any atom is 0.341 e. The Hall–Kier alpha value is -2.11. The summed E-state index contributed by atoms with van der Waals surface area (Å²) in [6.45, 7) is 6.54. The van der Waals surface area contributed by atoms with Crippen LogP contribution in [0.3, 0.4) is 0 Å². The highest BCUT2D eigenvalue weighted by atomic mass is 16.5. The summed E-state index contributed by atoms with van der Waals surface area (Å²) in [6.07, 6.45) is 8.57. The van der Waals surface area contributed by atoms with E-state index >= 15 is 0 Å². The molecular formula is C19H26N4O2. The molecule has 1 spiro atoms. The second-order valence-electron chi connectivity index (χ2n) is 7.77. The smallest absolute Gasteiger partial charge is 0.341 e. The molecule has 1 aliphatic carbocycles. The van der Waals surface area contributed by atoms with Crippen molar-refractivity contribution in [1.82, 2.24) is 14.8 Å². The molecule has 2 aliphatic rings. The van der Waals surface area contributed by atoms with Crippen LogP contribution in [0.2, 0.25) is 0 Å².